The monoisotopic (exact) mass is 307 g/mol. The molecule has 0 spiro atoms. The van der Waals surface area contributed by atoms with Gasteiger partial charge in [0.05, 0.1) is 11.6 Å². The fraction of sp³-hybridized carbons (Fsp3) is 0.400. The van der Waals surface area contributed by atoms with Gasteiger partial charge in [0.1, 0.15) is 0 Å². The number of aromatic amines is 1. The molecule has 7 heteroatoms. The second-order valence-electron chi connectivity index (χ2n) is 5.62. The van der Waals surface area contributed by atoms with Crippen LogP contribution in [0.2, 0.25) is 0 Å². The van der Waals surface area contributed by atoms with Crippen LogP contribution in [0, 0.1) is 5.92 Å². The Morgan fingerprint density at radius 3 is 2.77 bits per heavy atom. The Labute approximate surface area is 124 Å². The maximum absolute atomic E-state index is 13.1. The normalized spacial score (nSPS) is 18.3. The summed E-state index contributed by atoms with van der Waals surface area (Å²) in [6.07, 6.45) is 1.36. The molecule has 3 rings (SSSR count). The molecular weight excluding hydrogens is 292 g/mol. The van der Waals surface area contributed by atoms with Crippen molar-refractivity contribution >= 4 is 22.4 Å². The van der Waals surface area contributed by atoms with Gasteiger partial charge in [-0.15, -0.1) is 0 Å². The summed E-state index contributed by atoms with van der Waals surface area (Å²) in [5, 5.41) is 9.81. The Hall–Kier alpha value is -2.31. The van der Waals surface area contributed by atoms with Crippen molar-refractivity contribution in [2.75, 3.05) is 5.32 Å². The zero-order chi connectivity index (χ0) is 15.7. The number of carbonyl (C=O) groups is 1. The number of nitrogens with one attached hydrogen (secondary N) is 2. The zero-order valence-electron chi connectivity index (χ0n) is 11.7. The van der Waals surface area contributed by atoms with E-state index in [-0.39, 0.29) is 37.1 Å². The van der Waals surface area contributed by atoms with E-state index in [0.29, 0.717) is 16.5 Å². The molecule has 0 saturated heterocycles. The number of carbonyl (C=O) groups excluding carboxylic acids is 1. The number of fused-ring (bicyclic) bond motifs is 1. The van der Waals surface area contributed by atoms with Crippen molar-refractivity contribution in [2.45, 2.75) is 31.6 Å². The van der Waals surface area contributed by atoms with Gasteiger partial charge in [-0.3, -0.25) is 9.59 Å². The van der Waals surface area contributed by atoms with Crippen LogP contribution in [-0.4, -0.2) is 22.0 Å². The molecule has 1 fully saturated rings. The summed E-state index contributed by atoms with van der Waals surface area (Å²) in [5.74, 6) is -3.34. The standard InChI is InChI=1S/C15H15F2N3O2/c16-15(17)5-3-9(4-6-15)13(21)19-11-2-1-10-8-18-20-14(22)12(10)7-11/h1-2,7-9H,3-6H2,(H,19,21)(H,20,22). The number of hydrogen-bond donors (Lipinski definition) is 2. The van der Waals surface area contributed by atoms with Crippen LogP contribution in [0.5, 0.6) is 0 Å². The highest BCUT2D eigenvalue weighted by Gasteiger charge is 2.37. The van der Waals surface area contributed by atoms with Gasteiger partial charge in [-0.1, -0.05) is 6.07 Å². The fourth-order valence-corrected chi connectivity index (χ4v) is 2.71. The van der Waals surface area contributed by atoms with Gasteiger partial charge in [0.2, 0.25) is 11.8 Å². The van der Waals surface area contributed by atoms with Crippen LogP contribution in [0.25, 0.3) is 10.8 Å². The maximum atomic E-state index is 13.1. The molecule has 0 radical (unpaired) electrons. The van der Waals surface area contributed by atoms with Crippen molar-refractivity contribution in [3.05, 3.63) is 34.7 Å². The number of aromatic nitrogens is 2. The molecule has 2 aromatic rings. The lowest BCUT2D eigenvalue weighted by atomic mass is 9.86. The smallest absolute Gasteiger partial charge is 0.272 e. The summed E-state index contributed by atoms with van der Waals surface area (Å²) in [6.45, 7) is 0. The number of hydrogen-bond acceptors (Lipinski definition) is 3. The quantitative estimate of drug-likeness (QED) is 0.895. The van der Waals surface area contributed by atoms with Crippen molar-refractivity contribution in [3.63, 3.8) is 0 Å². The third kappa shape index (κ3) is 2.98. The first-order valence-electron chi connectivity index (χ1n) is 7.11. The molecule has 5 nitrogen and oxygen atoms in total. The van der Waals surface area contributed by atoms with E-state index in [1.54, 1.807) is 18.2 Å². The minimum absolute atomic E-state index is 0.177. The molecule has 0 aliphatic heterocycles. The highest BCUT2D eigenvalue weighted by Crippen LogP contribution is 2.36. The molecule has 1 aliphatic rings. The van der Waals surface area contributed by atoms with Crippen LogP contribution >= 0.6 is 0 Å². The molecule has 1 aromatic carbocycles. The largest absolute Gasteiger partial charge is 0.326 e. The molecule has 0 unspecified atom stereocenters. The summed E-state index contributed by atoms with van der Waals surface area (Å²) in [4.78, 5) is 23.8. The Morgan fingerprint density at radius 1 is 1.32 bits per heavy atom. The Kier molecular flexibility index (Phi) is 3.64. The molecule has 1 amide bonds. The van der Waals surface area contributed by atoms with Crippen LogP contribution in [0.15, 0.2) is 29.2 Å². The van der Waals surface area contributed by atoms with E-state index in [0.717, 1.165) is 0 Å². The number of amides is 1. The molecule has 0 atom stereocenters. The Morgan fingerprint density at radius 2 is 2.05 bits per heavy atom. The van der Waals surface area contributed by atoms with Crippen LogP contribution in [0.4, 0.5) is 14.5 Å². The molecule has 22 heavy (non-hydrogen) atoms. The highest BCUT2D eigenvalue weighted by atomic mass is 19.3. The van der Waals surface area contributed by atoms with Gasteiger partial charge in [0.15, 0.2) is 0 Å². The van der Waals surface area contributed by atoms with Gasteiger partial charge in [-0.05, 0) is 25.0 Å². The zero-order valence-corrected chi connectivity index (χ0v) is 11.7. The average Bonchev–Trinajstić information content (AvgIpc) is 2.48. The lowest BCUT2D eigenvalue weighted by Crippen LogP contribution is -2.31. The van der Waals surface area contributed by atoms with Gasteiger partial charge in [-0.2, -0.15) is 5.10 Å². The van der Waals surface area contributed by atoms with E-state index in [9.17, 15) is 18.4 Å². The second kappa shape index (κ2) is 5.47. The lowest BCUT2D eigenvalue weighted by molar-refractivity contribution is -0.124. The van der Waals surface area contributed by atoms with E-state index in [4.69, 9.17) is 0 Å². The number of alkyl halides is 2. The van der Waals surface area contributed by atoms with Gasteiger partial charge in [0, 0.05) is 29.8 Å². The van der Waals surface area contributed by atoms with E-state index >= 15 is 0 Å². The molecule has 116 valence electrons. The van der Waals surface area contributed by atoms with Gasteiger partial charge < -0.3 is 5.32 Å². The van der Waals surface area contributed by atoms with Crippen molar-refractivity contribution in [1.29, 1.82) is 0 Å². The van der Waals surface area contributed by atoms with Gasteiger partial charge >= 0.3 is 0 Å². The van der Waals surface area contributed by atoms with Crippen molar-refractivity contribution in [2.24, 2.45) is 5.92 Å². The predicted molar refractivity (Wildman–Crippen MR) is 77.9 cm³/mol. The number of halogens is 2. The first kappa shape index (κ1) is 14.6. The van der Waals surface area contributed by atoms with Gasteiger partial charge in [-0.25, -0.2) is 13.9 Å². The molecule has 1 aromatic heterocycles. The summed E-state index contributed by atoms with van der Waals surface area (Å²) in [7, 11) is 0. The lowest BCUT2D eigenvalue weighted by Gasteiger charge is -2.27. The minimum atomic E-state index is -2.65. The third-order valence-electron chi connectivity index (χ3n) is 4.02. The summed E-state index contributed by atoms with van der Waals surface area (Å²) in [5.41, 5.74) is 0.137. The summed E-state index contributed by atoms with van der Waals surface area (Å²) < 4.78 is 26.2. The molecule has 1 aliphatic carbocycles. The number of H-pyrrole nitrogens is 1. The van der Waals surface area contributed by atoms with E-state index in [1.165, 1.54) is 6.20 Å². The SMILES string of the molecule is O=C(Nc1ccc2cn[nH]c(=O)c2c1)C1CCC(F)(F)CC1. The number of anilines is 1. The molecule has 1 heterocycles. The first-order chi connectivity index (χ1) is 10.4. The van der Waals surface area contributed by atoms with Crippen LogP contribution in [0.1, 0.15) is 25.7 Å². The van der Waals surface area contributed by atoms with Crippen molar-refractivity contribution in [3.8, 4) is 0 Å². The average molecular weight is 307 g/mol. The highest BCUT2D eigenvalue weighted by molar-refractivity contribution is 5.95. The fourth-order valence-electron chi connectivity index (χ4n) is 2.71. The minimum Gasteiger partial charge on any atom is -0.326 e. The topological polar surface area (TPSA) is 74.8 Å². The third-order valence-corrected chi connectivity index (χ3v) is 4.02. The number of benzene rings is 1. The summed E-state index contributed by atoms with van der Waals surface area (Å²) in [6, 6.07) is 4.91. The molecule has 0 bridgehead atoms. The molecule has 1 saturated carbocycles. The summed E-state index contributed by atoms with van der Waals surface area (Å²) >= 11 is 0. The Bertz CT molecular complexity index is 763. The number of rotatable bonds is 2. The van der Waals surface area contributed by atoms with Crippen LogP contribution < -0.4 is 10.9 Å². The second-order valence-corrected chi connectivity index (χ2v) is 5.62. The van der Waals surface area contributed by atoms with Crippen molar-refractivity contribution < 1.29 is 13.6 Å². The van der Waals surface area contributed by atoms with E-state index < -0.39 is 11.8 Å². The maximum Gasteiger partial charge on any atom is 0.272 e. The molecule has 2 N–H and O–H groups in total. The van der Waals surface area contributed by atoms with Crippen LogP contribution in [0.3, 0.4) is 0 Å². The number of nitrogens with zero attached hydrogens (tertiary/aromatic N) is 1. The van der Waals surface area contributed by atoms with Crippen LogP contribution in [-0.2, 0) is 4.79 Å². The Balaban J connectivity index is 1.74. The van der Waals surface area contributed by atoms with Gasteiger partial charge in [0.25, 0.3) is 5.56 Å². The van der Waals surface area contributed by atoms with E-state index in [1.807, 2.05) is 0 Å². The van der Waals surface area contributed by atoms with E-state index in [2.05, 4.69) is 15.5 Å². The predicted octanol–water partition coefficient (Wildman–Crippen LogP) is 2.69. The van der Waals surface area contributed by atoms with Crippen molar-refractivity contribution in [1.82, 2.24) is 10.2 Å². The first-order valence-corrected chi connectivity index (χ1v) is 7.11. The molecular formula is C15H15F2N3O2.